The number of halogens is 2. The topological polar surface area (TPSA) is 20.3 Å². The van der Waals surface area contributed by atoms with Crippen LogP contribution in [0, 0.1) is 5.82 Å². The summed E-state index contributed by atoms with van der Waals surface area (Å²) in [6.45, 7) is 0.695. The number of amides is 1. The molecule has 0 N–H and O–H groups in total. The second kappa shape index (κ2) is 3.58. The van der Waals surface area contributed by atoms with Gasteiger partial charge in [0.25, 0.3) is 0 Å². The number of hydrogen-bond acceptors (Lipinski definition) is 1. The van der Waals surface area contributed by atoms with Gasteiger partial charge in [-0.2, -0.15) is 0 Å². The zero-order valence-corrected chi connectivity index (χ0v) is 8.22. The predicted octanol–water partition coefficient (Wildman–Crippen LogP) is 2.61. The maximum Gasteiger partial charge on any atom is 0.227 e. The number of nitrogens with zero attached hydrogens (tertiary/aromatic N) is 1. The van der Waals surface area contributed by atoms with Crippen molar-refractivity contribution in [1.29, 1.82) is 0 Å². The highest BCUT2D eigenvalue weighted by molar-refractivity contribution is 6.31. The molecule has 0 saturated carbocycles. The van der Waals surface area contributed by atoms with E-state index in [1.807, 2.05) is 0 Å². The number of benzene rings is 1. The quantitative estimate of drug-likeness (QED) is 0.702. The molecule has 0 radical (unpaired) electrons. The third-order valence-electron chi connectivity index (χ3n) is 2.29. The third-order valence-corrected chi connectivity index (χ3v) is 2.58. The van der Waals surface area contributed by atoms with E-state index in [1.165, 1.54) is 12.1 Å². The zero-order valence-electron chi connectivity index (χ0n) is 7.46. The lowest BCUT2D eigenvalue weighted by molar-refractivity contribution is -0.117. The molecule has 4 heteroatoms. The Morgan fingerprint density at radius 1 is 1.43 bits per heavy atom. The first-order chi connectivity index (χ1) is 6.68. The van der Waals surface area contributed by atoms with Crippen molar-refractivity contribution in [3.63, 3.8) is 0 Å². The Balaban J connectivity index is 2.32. The van der Waals surface area contributed by atoms with Crippen molar-refractivity contribution in [2.24, 2.45) is 0 Å². The molecule has 2 rings (SSSR count). The van der Waals surface area contributed by atoms with Gasteiger partial charge in [-0.3, -0.25) is 4.79 Å². The average Bonchev–Trinajstić information content (AvgIpc) is 2.57. The first-order valence-corrected chi connectivity index (χ1v) is 4.82. The minimum Gasteiger partial charge on any atom is -0.312 e. The fourth-order valence-corrected chi connectivity index (χ4v) is 1.75. The standard InChI is InChI=1S/C10H9ClFNO/c11-8-6-7(3-4-9(8)12)13-5-1-2-10(13)14/h3-4,6H,1-2,5H2. The summed E-state index contributed by atoms with van der Waals surface area (Å²) in [6, 6.07) is 4.34. The summed E-state index contributed by atoms with van der Waals surface area (Å²) >= 11 is 5.63. The molecule has 1 amide bonds. The minimum absolute atomic E-state index is 0.0576. The van der Waals surface area contributed by atoms with Gasteiger partial charge in [0.15, 0.2) is 0 Å². The largest absolute Gasteiger partial charge is 0.312 e. The molecule has 1 aromatic carbocycles. The second-order valence-corrected chi connectivity index (χ2v) is 3.65. The molecule has 1 aliphatic rings. The molecule has 1 aliphatic heterocycles. The molecule has 2 nitrogen and oxygen atoms in total. The van der Waals surface area contributed by atoms with E-state index in [2.05, 4.69) is 0 Å². The maximum absolute atomic E-state index is 12.8. The van der Waals surface area contributed by atoms with Crippen LogP contribution in [0.25, 0.3) is 0 Å². The van der Waals surface area contributed by atoms with Crippen molar-refractivity contribution in [3.8, 4) is 0 Å². The Kier molecular flexibility index (Phi) is 2.42. The SMILES string of the molecule is O=C1CCCN1c1ccc(F)c(Cl)c1. The molecule has 1 aromatic rings. The lowest BCUT2D eigenvalue weighted by Gasteiger charge is -2.15. The van der Waals surface area contributed by atoms with E-state index in [0.717, 1.165) is 6.42 Å². The molecule has 0 bridgehead atoms. The smallest absolute Gasteiger partial charge is 0.227 e. The van der Waals surface area contributed by atoms with Crippen molar-refractivity contribution in [2.75, 3.05) is 11.4 Å². The number of anilines is 1. The fourth-order valence-electron chi connectivity index (χ4n) is 1.57. The van der Waals surface area contributed by atoms with E-state index in [9.17, 15) is 9.18 Å². The van der Waals surface area contributed by atoms with Crippen LogP contribution in [0.3, 0.4) is 0 Å². The van der Waals surface area contributed by atoms with Crippen LogP contribution in [0.1, 0.15) is 12.8 Å². The first-order valence-electron chi connectivity index (χ1n) is 4.44. The number of carbonyl (C=O) groups is 1. The molecule has 0 spiro atoms. The van der Waals surface area contributed by atoms with Crippen LogP contribution in [0.15, 0.2) is 18.2 Å². The number of hydrogen-bond donors (Lipinski definition) is 0. The molecule has 74 valence electrons. The van der Waals surface area contributed by atoms with Gasteiger partial charge < -0.3 is 4.90 Å². The molecule has 14 heavy (non-hydrogen) atoms. The van der Waals surface area contributed by atoms with Gasteiger partial charge >= 0.3 is 0 Å². The first kappa shape index (κ1) is 9.46. The van der Waals surface area contributed by atoms with Crippen LogP contribution < -0.4 is 4.90 Å². The summed E-state index contributed by atoms with van der Waals surface area (Å²) in [5.74, 6) is -0.380. The molecule has 0 aliphatic carbocycles. The Hall–Kier alpha value is -1.09. The van der Waals surface area contributed by atoms with E-state index in [0.29, 0.717) is 18.7 Å². The van der Waals surface area contributed by atoms with Crippen molar-refractivity contribution in [1.82, 2.24) is 0 Å². The average molecular weight is 214 g/mol. The van der Waals surface area contributed by atoms with Crippen molar-refractivity contribution in [2.45, 2.75) is 12.8 Å². The van der Waals surface area contributed by atoms with Gasteiger partial charge in [-0.05, 0) is 24.6 Å². The molecule has 1 saturated heterocycles. The summed E-state index contributed by atoms with van der Waals surface area (Å²) in [7, 11) is 0. The summed E-state index contributed by atoms with van der Waals surface area (Å²) < 4.78 is 12.8. The monoisotopic (exact) mass is 213 g/mol. The Morgan fingerprint density at radius 3 is 2.79 bits per heavy atom. The molecule has 1 fully saturated rings. The van der Waals surface area contributed by atoms with Gasteiger partial charge in [0, 0.05) is 18.7 Å². The van der Waals surface area contributed by atoms with Gasteiger partial charge in [-0.15, -0.1) is 0 Å². The van der Waals surface area contributed by atoms with Crippen molar-refractivity contribution < 1.29 is 9.18 Å². The van der Waals surface area contributed by atoms with E-state index in [1.54, 1.807) is 11.0 Å². The van der Waals surface area contributed by atoms with Crippen LogP contribution in [0.5, 0.6) is 0 Å². The lowest BCUT2D eigenvalue weighted by atomic mass is 10.3. The Bertz CT molecular complexity index is 380. The molecule has 1 heterocycles. The van der Waals surface area contributed by atoms with Crippen molar-refractivity contribution >= 4 is 23.2 Å². The van der Waals surface area contributed by atoms with Crippen LogP contribution >= 0.6 is 11.6 Å². The molecule has 0 aromatic heterocycles. The van der Waals surface area contributed by atoms with E-state index in [4.69, 9.17) is 11.6 Å². The molecular formula is C10H9ClFNO. The van der Waals surface area contributed by atoms with Gasteiger partial charge in [0.1, 0.15) is 5.82 Å². The highest BCUT2D eigenvalue weighted by Crippen LogP contribution is 2.25. The highest BCUT2D eigenvalue weighted by atomic mass is 35.5. The third kappa shape index (κ3) is 1.60. The van der Waals surface area contributed by atoms with Gasteiger partial charge in [0.2, 0.25) is 5.91 Å². The van der Waals surface area contributed by atoms with Crippen molar-refractivity contribution in [3.05, 3.63) is 29.0 Å². The predicted molar refractivity (Wildman–Crippen MR) is 53.0 cm³/mol. The minimum atomic E-state index is -0.456. The number of rotatable bonds is 1. The van der Waals surface area contributed by atoms with E-state index < -0.39 is 5.82 Å². The summed E-state index contributed by atoms with van der Waals surface area (Å²) in [5.41, 5.74) is 0.680. The van der Waals surface area contributed by atoms with E-state index >= 15 is 0 Å². The Labute approximate surface area is 86.3 Å². The molecule has 0 unspecified atom stereocenters. The number of carbonyl (C=O) groups excluding carboxylic acids is 1. The van der Waals surface area contributed by atoms with Crippen LogP contribution in [-0.4, -0.2) is 12.5 Å². The summed E-state index contributed by atoms with van der Waals surface area (Å²) in [6.07, 6.45) is 1.42. The maximum atomic E-state index is 12.8. The molecular weight excluding hydrogens is 205 g/mol. The Morgan fingerprint density at radius 2 is 2.21 bits per heavy atom. The van der Waals surface area contributed by atoms with Crippen LogP contribution in [0.2, 0.25) is 5.02 Å². The van der Waals surface area contributed by atoms with E-state index in [-0.39, 0.29) is 10.9 Å². The highest BCUT2D eigenvalue weighted by Gasteiger charge is 2.21. The summed E-state index contributed by atoms with van der Waals surface area (Å²) in [5, 5.41) is 0.0576. The lowest BCUT2D eigenvalue weighted by Crippen LogP contribution is -2.23. The second-order valence-electron chi connectivity index (χ2n) is 3.25. The van der Waals surface area contributed by atoms with Gasteiger partial charge in [-0.1, -0.05) is 11.6 Å². The molecule has 0 atom stereocenters. The normalized spacial score (nSPS) is 16.4. The zero-order chi connectivity index (χ0) is 10.1. The fraction of sp³-hybridized carbons (Fsp3) is 0.300. The van der Waals surface area contributed by atoms with Crippen LogP contribution in [0.4, 0.5) is 10.1 Å². The van der Waals surface area contributed by atoms with Crippen LogP contribution in [-0.2, 0) is 4.79 Å². The summed E-state index contributed by atoms with van der Waals surface area (Å²) in [4.78, 5) is 13.0. The van der Waals surface area contributed by atoms with Gasteiger partial charge in [-0.25, -0.2) is 4.39 Å². The van der Waals surface area contributed by atoms with Gasteiger partial charge in [0.05, 0.1) is 5.02 Å².